The first-order valence-electron chi connectivity index (χ1n) is 10.6. The molecule has 0 saturated heterocycles. The van der Waals surface area contributed by atoms with Crippen molar-refractivity contribution in [2.45, 2.75) is 69.4 Å². The lowest BCUT2D eigenvalue weighted by Crippen LogP contribution is -2.40. The molecule has 0 radical (unpaired) electrons. The molecule has 0 bridgehead atoms. The fourth-order valence-electron chi connectivity index (χ4n) is 2.95. The van der Waals surface area contributed by atoms with Crippen LogP contribution in [0.2, 0.25) is 18.1 Å². The first kappa shape index (κ1) is 25.8. The summed E-state index contributed by atoms with van der Waals surface area (Å²) in [5.74, 6) is -0.118. The lowest BCUT2D eigenvalue weighted by atomic mass is 9.99. The highest BCUT2D eigenvalue weighted by Gasteiger charge is 2.36. The minimum atomic E-state index is -1.75. The van der Waals surface area contributed by atoms with Gasteiger partial charge in [0.15, 0.2) is 13.5 Å². The molecule has 1 aromatic heterocycles. The Kier molecular flexibility index (Phi) is 9.06. The van der Waals surface area contributed by atoms with Gasteiger partial charge < -0.3 is 14.3 Å². The number of unbranched alkanes of at least 4 members (excludes halogenated alkanes) is 1. The van der Waals surface area contributed by atoms with E-state index in [0.717, 1.165) is 31.4 Å². The second-order valence-electron chi connectivity index (χ2n) is 9.12. The molecule has 0 aliphatic rings. The number of aryl methyl sites for hydroxylation is 1. The molecule has 0 aliphatic carbocycles. The quantitative estimate of drug-likeness (QED) is 0.207. The molecular weight excluding hydrogens is 431 g/mol. The molecule has 1 atom stereocenters. The van der Waals surface area contributed by atoms with Gasteiger partial charge in [-0.1, -0.05) is 32.5 Å². The molecule has 31 heavy (non-hydrogen) atoms. The van der Waals surface area contributed by atoms with E-state index in [2.05, 4.69) is 43.8 Å². The smallest absolute Gasteiger partial charge is 0.191 e. The lowest BCUT2D eigenvalue weighted by molar-refractivity contribution is 0.207. The van der Waals surface area contributed by atoms with E-state index in [9.17, 15) is 9.50 Å². The third-order valence-electron chi connectivity index (χ3n) is 5.92. The Morgan fingerprint density at radius 3 is 2.55 bits per heavy atom. The van der Waals surface area contributed by atoms with E-state index in [1.807, 2.05) is 6.26 Å². The standard InChI is InChI=1S/C23H35FN2O3SSi/c1-23(2,3)31(6,7)29-13-9-8-10-16-15-25-22(30-5)26-20(16)21(27)18-12-11-17(24)14-19(18)28-4/h11-12,14-15,21,27H,8-10,13H2,1-7H3. The Bertz CT molecular complexity index is 874. The minimum absolute atomic E-state index is 0.194. The summed E-state index contributed by atoms with van der Waals surface area (Å²) in [6, 6.07) is 4.12. The summed E-state index contributed by atoms with van der Waals surface area (Å²) in [7, 11) is -0.287. The Hall–Kier alpha value is -1.48. The van der Waals surface area contributed by atoms with E-state index in [0.29, 0.717) is 22.2 Å². The van der Waals surface area contributed by atoms with E-state index in [1.54, 1.807) is 6.20 Å². The van der Waals surface area contributed by atoms with E-state index < -0.39 is 20.2 Å². The Morgan fingerprint density at radius 1 is 1.23 bits per heavy atom. The van der Waals surface area contributed by atoms with Crippen LogP contribution in [-0.2, 0) is 10.8 Å². The molecule has 0 fully saturated rings. The largest absolute Gasteiger partial charge is 0.496 e. The number of halogens is 1. The second kappa shape index (κ2) is 10.9. The van der Waals surface area contributed by atoms with Crippen LogP contribution in [-0.4, -0.2) is 43.4 Å². The Labute approximate surface area is 190 Å². The van der Waals surface area contributed by atoms with Crippen LogP contribution in [0.3, 0.4) is 0 Å². The van der Waals surface area contributed by atoms with Gasteiger partial charge in [0, 0.05) is 24.4 Å². The number of thioether (sulfide) groups is 1. The molecule has 1 heterocycles. The predicted molar refractivity (Wildman–Crippen MR) is 127 cm³/mol. The normalized spacial score (nSPS) is 13.3. The molecule has 0 spiro atoms. The highest BCUT2D eigenvalue weighted by Crippen LogP contribution is 2.37. The number of ether oxygens (including phenoxy) is 1. The molecule has 1 N–H and O–H groups in total. The first-order valence-corrected chi connectivity index (χ1v) is 14.7. The zero-order valence-corrected chi connectivity index (χ0v) is 21.5. The third kappa shape index (κ3) is 6.75. The summed E-state index contributed by atoms with van der Waals surface area (Å²) in [5.41, 5.74) is 1.90. The third-order valence-corrected chi connectivity index (χ3v) is 11.0. The molecule has 5 nitrogen and oxygen atoms in total. The van der Waals surface area contributed by atoms with Crippen molar-refractivity contribution in [2.75, 3.05) is 20.0 Å². The maximum absolute atomic E-state index is 13.6. The van der Waals surface area contributed by atoms with E-state index in [4.69, 9.17) is 9.16 Å². The molecule has 1 aromatic carbocycles. The number of methoxy groups -OCH3 is 1. The first-order chi connectivity index (χ1) is 14.5. The van der Waals surface area contributed by atoms with Crippen LogP contribution in [0, 0.1) is 5.82 Å². The van der Waals surface area contributed by atoms with Crippen molar-refractivity contribution < 1.29 is 18.7 Å². The average molecular weight is 467 g/mol. The lowest BCUT2D eigenvalue weighted by Gasteiger charge is -2.36. The zero-order valence-electron chi connectivity index (χ0n) is 19.7. The predicted octanol–water partition coefficient (Wildman–Crippen LogP) is 5.77. The van der Waals surface area contributed by atoms with Crippen LogP contribution in [0.5, 0.6) is 5.75 Å². The number of benzene rings is 1. The summed E-state index contributed by atoms with van der Waals surface area (Å²) < 4.78 is 25.1. The molecule has 0 aliphatic heterocycles. The van der Waals surface area contributed by atoms with Crippen molar-refractivity contribution in [1.29, 1.82) is 0 Å². The summed E-state index contributed by atoms with van der Waals surface area (Å²) >= 11 is 1.41. The highest BCUT2D eigenvalue weighted by atomic mass is 32.2. The van der Waals surface area contributed by atoms with Crippen LogP contribution < -0.4 is 4.74 Å². The van der Waals surface area contributed by atoms with Crippen LogP contribution >= 0.6 is 11.8 Å². The van der Waals surface area contributed by atoms with Gasteiger partial charge in [0.05, 0.1) is 12.8 Å². The van der Waals surface area contributed by atoms with Gasteiger partial charge in [-0.25, -0.2) is 14.4 Å². The number of nitrogens with zero attached hydrogens (tertiary/aromatic N) is 2. The maximum atomic E-state index is 13.6. The Balaban J connectivity index is 2.13. The van der Waals surface area contributed by atoms with E-state index >= 15 is 0 Å². The van der Waals surface area contributed by atoms with Crippen molar-refractivity contribution in [1.82, 2.24) is 9.97 Å². The number of aliphatic hydroxyl groups is 1. The van der Waals surface area contributed by atoms with Gasteiger partial charge in [-0.05, 0) is 61.3 Å². The van der Waals surface area contributed by atoms with Crippen molar-refractivity contribution >= 4 is 20.1 Å². The maximum Gasteiger partial charge on any atom is 0.191 e. The van der Waals surface area contributed by atoms with Crippen LogP contribution in [0.15, 0.2) is 29.6 Å². The van der Waals surface area contributed by atoms with Crippen LogP contribution in [0.1, 0.15) is 56.5 Å². The number of hydrogen-bond donors (Lipinski definition) is 1. The monoisotopic (exact) mass is 466 g/mol. The molecule has 1 unspecified atom stereocenters. The van der Waals surface area contributed by atoms with Gasteiger partial charge in [0.1, 0.15) is 17.7 Å². The van der Waals surface area contributed by atoms with Gasteiger partial charge in [-0.3, -0.25) is 0 Å². The molecule has 0 saturated carbocycles. The van der Waals surface area contributed by atoms with Crippen LogP contribution in [0.4, 0.5) is 4.39 Å². The molecule has 2 aromatic rings. The summed E-state index contributed by atoms with van der Waals surface area (Å²) in [6.07, 6.45) is 5.20. The number of rotatable bonds is 10. The van der Waals surface area contributed by atoms with Crippen LogP contribution in [0.25, 0.3) is 0 Å². The molecule has 2 rings (SSSR count). The van der Waals surface area contributed by atoms with Crippen molar-refractivity contribution in [3.05, 3.63) is 47.0 Å². The van der Waals surface area contributed by atoms with Gasteiger partial charge in [-0.2, -0.15) is 0 Å². The molecule has 0 amide bonds. The summed E-state index contributed by atoms with van der Waals surface area (Å²) in [5, 5.41) is 11.9. The van der Waals surface area contributed by atoms with Gasteiger partial charge in [0.2, 0.25) is 0 Å². The van der Waals surface area contributed by atoms with Crippen molar-refractivity contribution in [3.8, 4) is 5.75 Å². The number of aliphatic hydroxyl groups excluding tert-OH is 1. The molecule has 172 valence electrons. The molecule has 8 heteroatoms. The van der Waals surface area contributed by atoms with Gasteiger partial charge in [-0.15, -0.1) is 0 Å². The number of aromatic nitrogens is 2. The van der Waals surface area contributed by atoms with Crippen molar-refractivity contribution in [2.24, 2.45) is 0 Å². The minimum Gasteiger partial charge on any atom is -0.496 e. The average Bonchev–Trinajstić information content (AvgIpc) is 2.72. The van der Waals surface area contributed by atoms with Gasteiger partial charge in [0.25, 0.3) is 0 Å². The van der Waals surface area contributed by atoms with Gasteiger partial charge >= 0.3 is 0 Å². The SMILES string of the molecule is COc1cc(F)ccc1C(O)c1nc(SC)ncc1CCCCO[Si](C)(C)C(C)(C)C. The van der Waals surface area contributed by atoms with E-state index in [-0.39, 0.29) is 5.04 Å². The highest BCUT2D eigenvalue weighted by molar-refractivity contribution is 7.98. The summed E-state index contributed by atoms with van der Waals surface area (Å²) in [4.78, 5) is 8.95. The number of hydrogen-bond acceptors (Lipinski definition) is 6. The summed E-state index contributed by atoms with van der Waals surface area (Å²) in [6.45, 7) is 12.0. The fourth-order valence-corrected chi connectivity index (χ4v) is 4.39. The second-order valence-corrected chi connectivity index (χ2v) is 14.7. The zero-order chi connectivity index (χ0) is 23.2. The Morgan fingerprint density at radius 2 is 1.94 bits per heavy atom. The van der Waals surface area contributed by atoms with Crippen molar-refractivity contribution in [3.63, 3.8) is 0 Å². The molecular formula is C23H35FN2O3SSi. The topological polar surface area (TPSA) is 64.5 Å². The fraction of sp³-hybridized carbons (Fsp3) is 0.565. The van der Waals surface area contributed by atoms with E-state index in [1.165, 1.54) is 37.1 Å².